The molecule has 1 aliphatic rings. The van der Waals surface area contributed by atoms with E-state index in [0.29, 0.717) is 0 Å². The van der Waals surface area contributed by atoms with Crippen LogP contribution in [0.1, 0.15) is 19.3 Å². The minimum absolute atomic E-state index is 0.0755. The minimum atomic E-state index is -3.82. The van der Waals surface area contributed by atoms with Gasteiger partial charge in [-0.1, -0.05) is 18.0 Å². The molecule has 0 saturated carbocycles. The molecule has 1 unspecified atom stereocenters. The molecule has 0 aliphatic carbocycles. The number of thioether (sulfide) groups is 1. The van der Waals surface area contributed by atoms with E-state index in [2.05, 4.69) is 5.32 Å². The fourth-order valence-corrected chi connectivity index (χ4v) is 3.84. The van der Waals surface area contributed by atoms with Gasteiger partial charge in [0.1, 0.15) is 0 Å². The predicted octanol–water partition coefficient (Wildman–Crippen LogP) is 2.21. The third kappa shape index (κ3) is 3.88. The van der Waals surface area contributed by atoms with Gasteiger partial charge in [-0.3, -0.25) is 4.79 Å². The van der Waals surface area contributed by atoms with E-state index in [4.69, 9.17) is 16.7 Å². The largest absolute Gasteiger partial charge is 0.324 e. The monoisotopic (exact) mass is 334 g/mol. The fraction of sp³-hybridized carbons (Fsp3) is 0.417. The van der Waals surface area contributed by atoms with Gasteiger partial charge >= 0.3 is 0 Å². The van der Waals surface area contributed by atoms with E-state index >= 15 is 0 Å². The lowest BCUT2D eigenvalue weighted by Crippen LogP contribution is -2.27. The number of nitrogens with one attached hydrogen (secondary N) is 1. The van der Waals surface area contributed by atoms with Crippen LogP contribution >= 0.6 is 23.4 Å². The Labute approximate surface area is 127 Å². The molecule has 1 aromatic rings. The van der Waals surface area contributed by atoms with Crippen molar-refractivity contribution in [3.63, 3.8) is 0 Å². The lowest BCUT2D eigenvalue weighted by molar-refractivity contribution is -0.115. The minimum Gasteiger partial charge on any atom is -0.324 e. The fourth-order valence-electron chi connectivity index (χ4n) is 1.94. The van der Waals surface area contributed by atoms with Crippen LogP contribution < -0.4 is 10.5 Å². The zero-order chi connectivity index (χ0) is 14.8. The third-order valence-corrected chi connectivity index (χ3v) is 5.61. The van der Waals surface area contributed by atoms with Crippen molar-refractivity contribution in [1.29, 1.82) is 0 Å². The highest BCUT2D eigenvalue weighted by Crippen LogP contribution is 2.29. The average Bonchev–Trinajstić information content (AvgIpc) is 2.41. The molecule has 0 bridgehead atoms. The van der Waals surface area contributed by atoms with Crippen LogP contribution in [0.15, 0.2) is 23.1 Å². The normalized spacial score (nSPS) is 19.6. The van der Waals surface area contributed by atoms with E-state index in [9.17, 15) is 13.2 Å². The molecule has 3 N–H and O–H groups in total. The summed E-state index contributed by atoms with van der Waals surface area (Å²) in [5.74, 6) is 0.812. The van der Waals surface area contributed by atoms with Crippen LogP contribution in [0.2, 0.25) is 5.02 Å². The van der Waals surface area contributed by atoms with E-state index in [1.54, 1.807) is 11.8 Å². The zero-order valence-electron chi connectivity index (χ0n) is 10.6. The summed E-state index contributed by atoms with van der Waals surface area (Å²) in [7, 11) is -3.82. The van der Waals surface area contributed by atoms with Gasteiger partial charge in [0.25, 0.3) is 0 Å². The maximum Gasteiger partial charge on any atom is 0.238 e. The standard InChI is InChI=1S/C12H15ClN2O3S2/c13-9-5-4-8(20(14,17)18)7-10(9)15-12(16)11-3-1-2-6-19-11/h4-5,7,11H,1-3,6H2,(H,15,16)(H2,14,17,18). The molecule has 8 heteroatoms. The lowest BCUT2D eigenvalue weighted by Gasteiger charge is -2.20. The topological polar surface area (TPSA) is 89.3 Å². The maximum atomic E-state index is 12.1. The molecule has 1 heterocycles. The van der Waals surface area contributed by atoms with Gasteiger partial charge < -0.3 is 5.32 Å². The quantitative estimate of drug-likeness (QED) is 0.886. The van der Waals surface area contributed by atoms with Crippen LogP contribution in [0.25, 0.3) is 0 Å². The van der Waals surface area contributed by atoms with Gasteiger partial charge in [0.2, 0.25) is 15.9 Å². The molecule has 1 aromatic carbocycles. The van der Waals surface area contributed by atoms with Crippen molar-refractivity contribution in [3.05, 3.63) is 23.2 Å². The molecule has 1 amide bonds. The maximum absolute atomic E-state index is 12.1. The Morgan fingerprint density at radius 3 is 2.75 bits per heavy atom. The van der Waals surface area contributed by atoms with Crippen molar-refractivity contribution in [3.8, 4) is 0 Å². The van der Waals surface area contributed by atoms with Gasteiger partial charge in [0.05, 0.1) is 20.9 Å². The first kappa shape index (κ1) is 15.6. The summed E-state index contributed by atoms with van der Waals surface area (Å²) in [5, 5.41) is 7.91. The first-order chi connectivity index (χ1) is 9.38. The molecule has 0 spiro atoms. The second-order valence-electron chi connectivity index (χ2n) is 4.53. The van der Waals surface area contributed by atoms with Crippen molar-refractivity contribution in [2.75, 3.05) is 11.1 Å². The lowest BCUT2D eigenvalue weighted by atomic mass is 10.2. The summed E-state index contributed by atoms with van der Waals surface area (Å²) in [6.45, 7) is 0. The smallest absolute Gasteiger partial charge is 0.238 e. The number of primary sulfonamides is 1. The van der Waals surface area contributed by atoms with Crippen molar-refractivity contribution < 1.29 is 13.2 Å². The number of hydrogen-bond donors (Lipinski definition) is 2. The Kier molecular flexibility index (Phi) is 4.95. The first-order valence-corrected chi connectivity index (χ1v) is 9.10. The number of benzene rings is 1. The molecule has 5 nitrogen and oxygen atoms in total. The highest BCUT2D eigenvalue weighted by atomic mass is 35.5. The number of nitrogens with two attached hydrogens (primary N) is 1. The molecular formula is C12H15ClN2O3S2. The van der Waals surface area contributed by atoms with E-state index in [-0.39, 0.29) is 26.8 Å². The SMILES string of the molecule is NS(=O)(=O)c1ccc(Cl)c(NC(=O)C2CCCCS2)c1. The summed E-state index contributed by atoms with van der Waals surface area (Å²) in [4.78, 5) is 12.0. The summed E-state index contributed by atoms with van der Waals surface area (Å²) < 4.78 is 22.6. The average molecular weight is 335 g/mol. The Morgan fingerprint density at radius 2 is 2.15 bits per heavy atom. The van der Waals surface area contributed by atoms with Crippen LogP contribution in [0.4, 0.5) is 5.69 Å². The number of carbonyl (C=O) groups is 1. The Bertz CT molecular complexity index is 613. The highest BCUT2D eigenvalue weighted by molar-refractivity contribution is 8.00. The van der Waals surface area contributed by atoms with Crippen LogP contribution in [0.3, 0.4) is 0 Å². The molecule has 110 valence electrons. The van der Waals surface area contributed by atoms with Gasteiger partial charge in [-0.2, -0.15) is 0 Å². The number of rotatable bonds is 3. The van der Waals surface area contributed by atoms with E-state index in [0.717, 1.165) is 25.0 Å². The summed E-state index contributed by atoms with van der Waals surface area (Å²) in [6.07, 6.45) is 2.97. The number of hydrogen-bond acceptors (Lipinski definition) is 4. The molecule has 0 radical (unpaired) electrons. The van der Waals surface area contributed by atoms with Crippen molar-refractivity contribution in [2.24, 2.45) is 5.14 Å². The molecule has 0 aromatic heterocycles. The number of amides is 1. The second-order valence-corrected chi connectivity index (χ2v) is 7.81. The van der Waals surface area contributed by atoms with Crippen LogP contribution in [-0.2, 0) is 14.8 Å². The zero-order valence-corrected chi connectivity index (χ0v) is 13.0. The molecule has 1 saturated heterocycles. The molecule has 20 heavy (non-hydrogen) atoms. The van der Waals surface area contributed by atoms with E-state index < -0.39 is 10.0 Å². The van der Waals surface area contributed by atoms with Crippen LogP contribution in [0.5, 0.6) is 0 Å². The predicted molar refractivity (Wildman–Crippen MR) is 81.6 cm³/mol. The number of sulfonamides is 1. The van der Waals surface area contributed by atoms with Gasteiger partial charge in [-0.25, -0.2) is 13.6 Å². The Balaban J connectivity index is 2.18. The molecule has 1 aliphatic heterocycles. The van der Waals surface area contributed by atoms with Gasteiger partial charge in [-0.15, -0.1) is 11.8 Å². The second kappa shape index (κ2) is 6.34. The van der Waals surface area contributed by atoms with Crippen molar-refractivity contribution in [2.45, 2.75) is 29.4 Å². The molecule has 1 atom stereocenters. The number of halogens is 1. The van der Waals surface area contributed by atoms with Gasteiger partial charge in [0, 0.05) is 0 Å². The van der Waals surface area contributed by atoms with Gasteiger partial charge in [-0.05, 0) is 36.8 Å². The summed E-state index contributed by atoms with van der Waals surface area (Å²) in [6, 6.07) is 4.00. The van der Waals surface area contributed by atoms with Crippen molar-refractivity contribution >= 4 is 45.0 Å². The van der Waals surface area contributed by atoms with Crippen LogP contribution in [0, 0.1) is 0 Å². The van der Waals surface area contributed by atoms with Crippen molar-refractivity contribution in [1.82, 2.24) is 0 Å². The van der Waals surface area contributed by atoms with Gasteiger partial charge in [0.15, 0.2) is 0 Å². The first-order valence-electron chi connectivity index (χ1n) is 6.13. The third-order valence-electron chi connectivity index (χ3n) is 3.00. The molecule has 2 rings (SSSR count). The number of anilines is 1. The summed E-state index contributed by atoms with van der Waals surface area (Å²) >= 11 is 7.58. The van der Waals surface area contributed by atoms with E-state index in [1.807, 2.05) is 0 Å². The molecular weight excluding hydrogens is 320 g/mol. The Morgan fingerprint density at radius 1 is 1.40 bits per heavy atom. The Hall–Kier alpha value is -0.760. The molecule has 1 fully saturated rings. The summed E-state index contributed by atoms with van der Waals surface area (Å²) in [5.41, 5.74) is 0.273. The van der Waals surface area contributed by atoms with E-state index in [1.165, 1.54) is 18.2 Å². The number of carbonyl (C=O) groups excluding carboxylic acids is 1. The van der Waals surface area contributed by atoms with Crippen LogP contribution in [-0.4, -0.2) is 25.3 Å². The highest BCUT2D eigenvalue weighted by Gasteiger charge is 2.22.